The summed E-state index contributed by atoms with van der Waals surface area (Å²) < 4.78 is 31.8. The second-order valence-corrected chi connectivity index (χ2v) is 9.29. The maximum atomic E-state index is 12.8. The highest BCUT2D eigenvalue weighted by Crippen LogP contribution is 2.27. The van der Waals surface area contributed by atoms with Crippen LogP contribution in [0.15, 0.2) is 29.2 Å². The number of aromatic amines is 1. The van der Waals surface area contributed by atoms with E-state index in [1.165, 1.54) is 35.7 Å². The molecule has 1 aliphatic heterocycles. The SMILES string of the molecule is CCc1[nH]c(C(=O)Nc2ccc(S(=O)(=O)N3CCC[C@H]3CO)cc2)c(C)c1C(=O)OC. The minimum Gasteiger partial charge on any atom is -0.465 e. The molecule has 1 aliphatic rings. The summed E-state index contributed by atoms with van der Waals surface area (Å²) in [5.41, 5.74) is 2.11. The van der Waals surface area contributed by atoms with Crippen molar-refractivity contribution in [2.45, 2.75) is 44.0 Å². The van der Waals surface area contributed by atoms with Crippen molar-refractivity contribution >= 4 is 27.6 Å². The van der Waals surface area contributed by atoms with Gasteiger partial charge in [0.25, 0.3) is 5.91 Å². The number of aliphatic hydroxyl groups is 1. The van der Waals surface area contributed by atoms with Crippen LogP contribution in [0.1, 0.15) is 51.9 Å². The lowest BCUT2D eigenvalue weighted by Crippen LogP contribution is -2.37. The number of H-pyrrole nitrogens is 1. The van der Waals surface area contributed by atoms with Gasteiger partial charge in [-0.3, -0.25) is 4.79 Å². The Hall–Kier alpha value is -2.69. The third-order valence-corrected chi connectivity index (χ3v) is 7.52. The second-order valence-electron chi connectivity index (χ2n) is 7.40. The van der Waals surface area contributed by atoms with E-state index in [2.05, 4.69) is 10.3 Å². The number of ether oxygens (including phenoxy) is 1. The third-order valence-electron chi connectivity index (χ3n) is 5.55. The molecule has 0 unspecified atom stereocenters. The third kappa shape index (κ3) is 4.36. The molecule has 2 heterocycles. The van der Waals surface area contributed by atoms with Crippen LogP contribution in [0.3, 0.4) is 0 Å². The van der Waals surface area contributed by atoms with Gasteiger partial charge in [0.05, 0.1) is 24.2 Å². The molecule has 31 heavy (non-hydrogen) atoms. The van der Waals surface area contributed by atoms with Crippen LogP contribution in [0.5, 0.6) is 0 Å². The van der Waals surface area contributed by atoms with E-state index in [1.807, 2.05) is 6.92 Å². The standard InChI is InChI=1S/C21H27N3O6S/c1-4-17-18(21(27)30-3)13(2)19(23-17)20(26)22-14-7-9-16(10-8-14)31(28,29)24-11-5-6-15(24)12-25/h7-10,15,23,25H,4-6,11-12H2,1-3H3,(H,22,26)/t15-/m0/s1. The molecular formula is C21H27N3O6S. The Balaban J connectivity index is 1.80. The fraction of sp³-hybridized carbons (Fsp3) is 0.429. The van der Waals surface area contributed by atoms with Gasteiger partial charge in [0.2, 0.25) is 10.0 Å². The van der Waals surface area contributed by atoms with Crippen LogP contribution in [0, 0.1) is 6.92 Å². The number of carbonyl (C=O) groups is 2. The van der Waals surface area contributed by atoms with Crippen LogP contribution < -0.4 is 5.32 Å². The molecule has 1 aromatic heterocycles. The number of methoxy groups -OCH3 is 1. The van der Waals surface area contributed by atoms with Crippen molar-refractivity contribution in [3.63, 3.8) is 0 Å². The topological polar surface area (TPSA) is 129 Å². The van der Waals surface area contributed by atoms with Crippen LogP contribution >= 0.6 is 0 Å². The van der Waals surface area contributed by atoms with Crippen LogP contribution in [-0.2, 0) is 21.2 Å². The van der Waals surface area contributed by atoms with Crippen molar-refractivity contribution in [2.75, 3.05) is 25.6 Å². The lowest BCUT2D eigenvalue weighted by molar-refractivity contribution is 0.0599. The lowest BCUT2D eigenvalue weighted by atomic mass is 10.1. The monoisotopic (exact) mass is 449 g/mol. The van der Waals surface area contributed by atoms with Gasteiger partial charge in [0, 0.05) is 24.0 Å². The molecule has 1 saturated heterocycles. The molecule has 9 nitrogen and oxygen atoms in total. The predicted octanol–water partition coefficient (Wildman–Crippen LogP) is 2.07. The van der Waals surface area contributed by atoms with Gasteiger partial charge in [-0.2, -0.15) is 4.31 Å². The minimum absolute atomic E-state index is 0.100. The van der Waals surface area contributed by atoms with E-state index < -0.39 is 27.9 Å². The summed E-state index contributed by atoms with van der Waals surface area (Å²) in [6.07, 6.45) is 1.87. The van der Waals surface area contributed by atoms with Gasteiger partial charge < -0.3 is 20.1 Å². The number of sulfonamides is 1. The average Bonchev–Trinajstić information content (AvgIpc) is 3.38. The Morgan fingerprint density at radius 3 is 2.55 bits per heavy atom. The first-order valence-corrected chi connectivity index (χ1v) is 11.5. The first kappa shape index (κ1) is 23.0. The smallest absolute Gasteiger partial charge is 0.339 e. The molecule has 3 N–H and O–H groups in total. The number of aliphatic hydroxyl groups excluding tert-OH is 1. The summed E-state index contributed by atoms with van der Waals surface area (Å²) in [6.45, 7) is 3.69. The molecule has 0 spiro atoms. The van der Waals surface area contributed by atoms with Gasteiger partial charge in [0.1, 0.15) is 5.69 Å². The summed E-state index contributed by atoms with van der Waals surface area (Å²) in [7, 11) is -2.43. The summed E-state index contributed by atoms with van der Waals surface area (Å²) in [4.78, 5) is 27.9. The van der Waals surface area contributed by atoms with Crippen molar-refractivity contribution in [2.24, 2.45) is 0 Å². The fourth-order valence-electron chi connectivity index (χ4n) is 3.88. The molecule has 10 heteroatoms. The Morgan fingerprint density at radius 1 is 1.29 bits per heavy atom. The molecule has 1 atom stereocenters. The van der Waals surface area contributed by atoms with Crippen molar-refractivity contribution in [3.05, 3.63) is 46.8 Å². The summed E-state index contributed by atoms with van der Waals surface area (Å²) in [5, 5.41) is 12.1. The predicted molar refractivity (Wildman–Crippen MR) is 115 cm³/mol. The maximum Gasteiger partial charge on any atom is 0.339 e. The Morgan fingerprint density at radius 2 is 1.97 bits per heavy atom. The number of rotatable bonds is 7. The first-order valence-electron chi connectivity index (χ1n) is 10.1. The number of nitrogens with one attached hydrogen (secondary N) is 2. The molecule has 0 saturated carbocycles. The van der Waals surface area contributed by atoms with Crippen molar-refractivity contribution < 1.29 is 27.9 Å². The van der Waals surface area contributed by atoms with Crippen LogP contribution in [-0.4, -0.2) is 61.0 Å². The van der Waals surface area contributed by atoms with Gasteiger partial charge in [0.15, 0.2) is 0 Å². The molecule has 1 amide bonds. The van der Waals surface area contributed by atoms with Crippen molar-refractivity contribution in [1.82, 2.24) is 9.29 Å². The van der Waals surface area contributed by atoms with E-state index in [9.17, 15) is 23.1 Å². The highest BCUT2D eigenvalue weighted by Gasteiger charge is 2.34. The molecule has 0 radical (unpaired) electrons. The zero-order valence-corrected chi connectivity index (χ0v) is 18.6. The van der Waals surface area contributed by atoms with Gasteiger partial charge >= 0.3 is 5.97 Å². The number of esters is 1. The highest BCUT2D eigenvalue weighted by atomic mass is 32.2. The number of hydrogen-bond donors (Lipinski definition) is 3. The molecule has 0 aliphatic carbocycles. The number of hydrogen-bond acceptors (Lipinski definition) is 6. The number of benzene rings is 1. The molecule has 2 aromatic rings. The van der Waals surface area contributed by atoms with Crippen LogP contribution in [0.4, 0.5) is 5.69 Å². The second kappa shape index (κ2) is 9.21. The number of anilines is 1. The molecular weight excluding hydrogens is 422 g/mol. The lowest BCUT2D eigenvalue weighted by Gasteiger charge is -2.22. The average molecular weight is 450 g/mol. The molecule has 1 fully saturated rings. The number of nitrogens with zero attached hydrogens (tertiary/aromatic N) is 1. The van der Waals surface area contributed by atoms with E-state index in [-0.39, 0.29) is 17.2 Å². The van der Waals surface area contributed by atoms with E-state index in [0.29, 0.717) is 48.3 Å². The van der Waals surface area contributed by atoms with E-state index in [0.717, 1.165) is 0 Å². The van der Waals surface area contributed by atoms with E-state index in [4.69, 9.17) is 4.74 Å². The first-order chi connectivity index (χ1) is 14.7. The number of carbonyl (C=O) groups excluding carboxylic acids is 2. The normalized spacial score (nSPS) is 17.0. The molecule has 0 bridgehead atoms. The summed E-state index contributed by atoms with van der Waals surface area (Å²) in [6, 6.07) is 5.47. The number of aromatic nitrogens is 1. The molecule has 168 valence electrons. The zero-order valence-electron chi connectivity index (χ0n) is 17.8. The van der Waals surface area contributed by atoms with Crippen LogP contribution in [0.2, 0.25) is 0 Å². The van der Waals surface area contributed by atoms with Gasteiger partial charge in [-0.15, -0.1) is 0 Å². The van der Waals surface area contributed by atoms with E-state index >= 15 is 0 Å². The van der Waals surface area contributed by atoms with Crippen LogP contribution in [0.25, 0.3) is 0 Å². The Kier molecular flexibility index (Phi) is 6.83. The minimum atomic E-state index is -3.72. The summed E-state index contributed by atoms with van der Waals surface area (Å²) in [5.74, 6) is -0.958. The molecule has 1 aromatic carbocycles. The maximum absolute atomic E-state index is 12.8. The number of amides is 1. The Labute approximate surface area is 181 Å². The van der Waals surface area contributed by atoms with Gasteiger partial charge in [-0.1, -0.05) is 6.92 Å². The quantitative estimate of drug-likeness (QED) is 0.555. The fourth-order valence-corrected chi connectivity index (χ4v) is 5.56. The van der Waals surface area contributed by atoms with Gasteiger partial charge in [-0.05, 0) is 56.0 Å². The largest absolute Gasteiger partial charge is 0.465 e. The summed E-state index contributed by atoms with van der Waals surface area (Å²) >= 11 is 0. The van der Waals surface area contributed by atoms with Gasteiger partial charge in [-0.25, -0.2) is 13.2 Å². The highest BCUT2D eigenvalue weighted by molar-refractivity contribution is 7.89. The van der Waals surface area contributed by atoms with E-state index in [1.54, 1.807) is 6.92 Å². The zero-order chi connectivity index (χ0) is 22.8. The Bertz CT molecular complexity index is 1080. The molecule has 3 rings (SSSR count). The van der Waals surface area contributed by atoms with Crippen molar-refractivity contribution in [1.29, 1.82) is 0 Å². The number of aryl methyl sites for hydroxylation is 1. The van der Waals surface area contributed by atoms with Crippen molar-refractivity contribution in [3.8, 4) is 0 Å².